The van der Waals surface area contributed by atoms with E-state index >= 15 is 0 Å². The lowest BCUT2D eigenvalue weighted by Gasteiger charge is -2.18. The third-order valence-corrected chi connectivity index (χ3v) is 6.05. The Hall–Kier alpha value is -4.14. The Morgan fingerprint density at radius 3 is 2.66 bits per heavy atom. The normalized spacial score (nSPS) is 12.7. The van der Waals surface area contributed by atoms with Crippen LogP contribution in [0.15, 0.2) is 76.4 Å². The molecule has 0 radical (unpaired) electrons. The number of fused-ring (bicyclic) bond motifs is 3. The summed E-state index contributed by atoms with van der Waals surface area (Å²) in [6.45, 7) is 4.10. The maximum atomic E-state index is 6.50. The number of anilines is 1. The van der Waals surface area contributed by atoms with Crippen molar-refractivity contribution in [3.05, 3.63) is 88.8 Å². The molecule has 0 aliphatic carbocycles. The number of nitrogens with zero attached hydrogens (tertiary/aromatic N) is 3. The number of aryl methyl sites for hydroxylation is 1. The lowest BCUT2D eigenvalue weighted by atomic mass is 10.0. The second-order valence-electron chi connectivity index (χ2n) is 8.26. The van der Waals surface area contributed by atoms with Gasteiger partial charge < -0.3 is 15.5 Å². The van der Waals surface area contributed by atoms with Crippen LogP contribution < -0.4 is 22.4 Å². The first-order chi connectivity index (χ1) is 17.0. The van der Waals surface area contributed by atoms with Crippen molar-refractivity contribution >= 4 is 45.2 Å². The first-order valence-corrected chi connectivity index (χ1v) is 11.4. The van der Waals surface area contributed by atoms with E-state index in [1.54, 1.807) is 12.1 Å². The van der Waals surface area contributed by atoms with Gasteiger partial charge in [0.25, 0.3) is 0 Å². The minimum atomic E-state index is -0.168. The number of amidine groups is 1. The standard InChI is InChI=1S/C26H24ClN7O/c1-14-12-18(15(2)31-20-8-9-21(27)32-23(20)26(28)33-34-29)24-19(13-14)22-25(35-24)17(10-11-30-22)16-6-4-3-5-7-16/h3-13,15,31,34H,29H2,1-2H3,(H2,28,33). The number of benzene rings is 2. The molecule has 9 heteroatoms. The summed E-state index contributed by atoms with van der Waals surface area (Å²) >= 11 is 6.10. The van der Waals surface area contributed by atoms with Gasteiger partial charge in [0.2, 0.25) is 0 Å². The van der Waals surface area contributed by atoms with Crippen LogP contribution in [0.3, 0.4) is 0 Å². The Bertz CT molecular complexity index is 1560. The van der Waals surface area contributed by atoms with Crippen LogP contribution in [0, 0.1) is 6.92 Å². The summed E-state index contributed by atoms with van der Waals surface area (Å²) < 4.78 is 6.50. The summed E-state index contributed by atoms with van der Waals surface area (Å²) in [5.41, 5.74) is 15.8. The number of rotatable bonds is 6. The molecular weight excluding hydrogens is 462 g/mol. The molecule has 0 aliphatic rings. The van der Waals surface area contributed by atoms with Gasteiger partial charge in [0.1, 0.15) is 21.9 Å². The number of aromatic nitrogens is 2. The van der Waals surface area contributed by atoms with Crippen molar-refractivity contribution in [3.63, 3.8) is 0 Å². The number of halogens is 1. The van der Waals surface area contributed by atoms with Crippen molar-refractivity contribution in [3.8, 4) is 11.1 Å². The van der Waals surface area contributed by atoms with Crippen LogP contribution in [-0.2, 0) is 0 Å². The predicted molar refractivity (Wildman–Crippen MR) is 141 cm³/mol. The summed E-state index contributed by atoms with van der Waals surface area (Å²) in [6, 6.07) is 19.7. The molecule has 0 amide bonds. The molecule has 0 aliphatic heterocycles. The fraction of sp³-hybridized carbons (Fsp3) is 0.115. The molecule has 0 saturated heterocycles. The van der Waals surface area contributed by atoms with E-state index in [0.717, 1.165) is 44.3 Å². The van der Waals surface area contributed by atoms with Crippen LogP contribution >= 0.6 is 11.6 Å². The second kappa shape index (κ2) is 9.25. The molecule has 3 aromatic heterocycles. The van der Waals surface area contributed by atoms with Crippen LogP contribution in [0.1, 0.15) is 29.8 Å². The van der Waals surface area contributed by atoms with Gasteiger partial charge in [0.05, 0.1) is 11.7 Å². The third kappa shape index (κ3) is 4.25. The molecule has 2 aromatic carbocycles. The lowest BCUT2D eigenvalue weighted by molar-refractivity contribution is 0.658. The average molecular weight is 486 g/mol. The molecule has 35 heavy (non-hydrogen) atoms. The molecule has 0 fully saturated rings. The molecule has 1 atom stereocenters. The minimum Gasteiger partial charge on any atom is -0.453 e. The highest BCUT2D eigenvalue weighted by atomic mass is 35.5. The Kier molecular flexibility index (Phi) is 5.98. The topological polar surface area (TPSA) is 127 Å². The van der Waals surface area contributed by atoms with E-state index in [1.165, 1.54) is 0 Å². The zero-order valence-electron chi connectivity index (χ0n) is 19.2. The highest BCUT2D eigenvalue weighted by molar-refractivity contribution is 6.29. The predicted octanol–water partition coefficient (Wildman–Crippen LogP) is 5.26. The van der Waals surface area contributed by atoms with Crippen molar-refractivity contribution in [2.24, 2.45) is 16.7 Å². The van der Waals surface area contributed by atoms with Crippen molar-refractivity contribution in [2.75, 3.05) is 5.32 Å². The average Bonchev–Trinajstić information content (AvgIpc) is 3.23. The van der Waals surface area contributed by atoms with E-state index in [9.17, 15) is 0 Å². The van der Waals surface area contributed by atoms with E-state index in [1.807, 2.05) is 37.4 Å². The van der Waals surface area contributed by atoms with Gasteiger partial charge in [-0.15, -0.1) is 5.10 Å². The van der Waals surface area contributed by atoms with Gasteiger partial charge in [0, 0.05) is 22.7 Å². The van der Waals surface area contributed by atoms with Gasteiger partial charge in [-0.05, 0) is 49.2 Å². The monoisotopic (exact) mass is 485 g/mol. The summed E-state index contributed by atoms with van der Waals surface area (Å²) in [7, 11) is 0. The number of hydrazine groups is 1. The fourth-order valence-corrected chi connectivity index (χ4v) is 4.43. The highest BCUT2D eigenvalue weighted by Crippen LogP contribution is 2.38. The van der Waals surface area contributed by atoms with Gasteiger partial charge in [-0.25, -0.2) is 16.4 Å². The second-order valence-corrected chi connectivity index (χ2v) is 8.64. The molecule has 176 valence electrons. The van der Waals surface area contributed by atoms with Crippen molar-refractivity contribution in [1.82, 2.24) is 15.5 Å². The zero-order valence-corrected chi connectivity index (χ0v) is 20.0. The third-order valence-electron chi connectivity index (χ3n) is 5.84. The van der Waals surface area contributed by atoms with Gasteiger partial charge in [0.15, 0.2) is 11.4 Å². The number of nitrogens with two attached hydrogens (primary N) is 2. The van der Waals surface area contributed by atoms with E-state index in [2.05, 4.69) is 57.1 Å². The summed E-state index contributed by atoms with van der Waals surface area (Å²) in [5, 5.41) is 8.57. The van der Waals surface area contributed by atoms with E-state index in [0.29, 0.717) is 16.5 Å². The van der Waals surface area contributed by atoms with Crippen molar-refractivity contribution < 1.29 is 4.42 Å². The van der Waals surface area contributed by atoms with E-state index < -0.39 is 0 Å². The maximum Gasteiger partial charge on any atom is 0.172 e. The van der Waals surface area contributed by atoms with Gasteiger partial charge >= 0.3 is 0 Å². The van der Waals surface area contributed by atoms with Crippen LogP contribution in [-0.4, -0.2) is 15.8 Å². The van der Waals surface area contributed by atoms with Crippen LogP contribution in [0.2, 0.25) is 5.15 Å². The summed E-state index contributed by atoms with van der Waals surface area (Å²) in [4.78, 5) is 8.98. The zero-order chi connectivity index (χ0) is 24.5. The van der Waals surface area contributed by atoms with Gasteiger partial charge in [-0.3, -0.25) is 4.98 Å². The van der Waals surface area contributed by atoms with Crippen LogP contribution in [0.25, 0.3) is 33.2 Å². The molecule has 3 heterocycles. The Balaban J connectivity index is 1.63. The largest absolute Gasteiger partial charge is 0.453 e. The molecule has 0 spiro atoms. The molecule has 8 nitrogen and oxygen atoms in total. The number of furan rings is 1. The summed E-state index contributed by atoms with van der Waals surface area (Å²) in [6.07, 6.45) is 1.82. The van der Waals surface area contributed by atoms with Gasteiger partial charge in [-0.2, -0.15) is 0 Å². The van der Waals surface area contributed by atoms with Crippen molar-refractivity contribution in [2.45, 2.75) is 19.9 Å². The molecule has 0 saturated carbocycles. The minimum absolute atomic E-state index is 0.111. The first-order valence-electron chi connectivity index (χ1n) is 11.1. The molecule has 5 aromatic rings. The highest BCUT2D eigenvalue weighted by Gasteiger charge is 2.21. The van der Waals surface area contributed by atoms with Gasteiger partial charge in [-0.1, -0.05) is 48.0 Å². The van der Waals surface area contributed by atoms with Crippen LogP contribution in [0.5, 0.6) is 0 Å². The Morgan fingerprint density at radius 2 is 1.89 bits per heavy atom. The van der Waals surface area contributed by atoms with Crippen molar-refractivity contribution in [1.29, 1.82) is 0 Å². The quantitative estimate of drug-likeness (QED) is 0.0848. The maximum absolute atomic E-state index is 6.50. The van der Waals surface area contributed by atoms with E-state index in [-0.39, 0.29) is 11.9 Å². The molecule has 5 rings (SSSR count). The fourth-order valence-electron chi connectivity index (χ4n) is 4.28. The first kappa shape index (κ1) is 22.6. The molecule has 1 unspecified atom stereocenters. The van der Waals surface area contributed by atoms with E-state index in [4.69, 9.17) is 27.6 Å². The number of hydrazone groups is 1. The van der Waals surface area contributed by atoms with Crippen LogP contribution in [0.4, 0.5) is 5.69 Å². The number of nitrogens with one attached hydrogen (secondary N) is 2. The summed E-state index contributed by atoms with van der Waals surface area (Å²) in [5.74, 6) is 5.41. The lowest BCUT2D eigenvalue weighted by Crippen LogP contribution is -2.25. The molecule has 0 bridgehead atoms. The smallest absolute Gasteiger partial charge is 0.172 e. The number of pyridine rings is 2. The SMILES string of the molecule is Cc1cc(C(C)Nc2ccc(Cl)nc2/C(N)=N/NN)c2oc3c(-c4ccccc4)ccnc3c2c1. The Labute approximate surface area is 207 Å². The molecule has 6 N–H and O–H groups in total. The number of hydrogen-bond donors (Lipinski definition) is 4. The Morgan fingerprint density at radius 1 is 1.09 bits per heavy atom. The number of hydrogen-bond acceptors (Lipinski definition) is 7. The molecular formula is C26H24ClN7O.